The number of nitrogens with two attached hydrogens (primary N) is 1. The number of urea groups is 1. The lowest BCUT2D eigenvalue weighted by Crippen LogP contribution is -2.36. The highest BCUT2D eigenvalue weighted by Crippen LogP contribution is 2.31. The van der Waals surface area contributed by atoms with Crippen LogP contribution in [0.5, 0.6) is 0 Å². The zero-order chi connectivity index (χ0) is 19.4. The van der Waals surface area contributed by atoms with Gasteiger partial charge in [0.25, 0.3) is 0 Å². The number of hydrogen-bond acceptors (Lipinski definition) is 4. The van der Waals surface area contributed by atoms with E-state index in [0.29, 0.717) is 5.16 Å². The maximum Gasteiger partial charge on any atom is 0.318 e. The van der Waals surface area contributed by atoms with Crippen molar-refractivity contribution < 1.29 is 9.59 Å². The molecule has 1 heterocycles. The van der Waals surface area contributed by atoms with Crippen LogP contribution in [-0.4, -0.2) is 27.2 Å². The van der Waals surface area contributed by atoms with E-state index in [1.54, 1.807) is 6.20 Å². The normalized spacial score (nSPS) is 10.6. The molecule has 27 heavy (non-hydrogen) atoms. The minimum absolute atomic E-state index is 0.0408. The van der Waals surface area contributed by atoms with Crippen LogP contribution in [0.1, 0.15) is 11.1 Å². The first-order valence-corrected chi connectivity index (χ1v) is 9.37. The number of carbonyl (C=O) groups is 2. The Labute approximate surface area is 161 Å². The van der Waals surface area contributed by atoms with E-state index in [2.05, 4.69) is 16.4 Å². The van der Waals surface area contributed by atoms with Crippen LogP contribution in [0.25, 0.3) is 16.9 Å². The lowest BCUT2D eigenvalue weighted by Gasteiger charge is -2.15. The second kappa shape index (κ2) is 8.09. The van der Waals surface area contributed by atoms with Crippen molar-refractivity contribution in [2.24, 2.45) is 5.73 Å². The summed E-state index contributed by atoms with van der Waals surface area (Å²) < 4.78 is 2.03. The molecule has 0 saturated carbocycles. The van der Waals surface area contributed by atoms with Crippen molar-refractivity contribution in [3.8, 4) is 16.9 Å². The van der Waals surface area contributed by atoms with Crippen LogP contribution in [-0.2, 0) is 4.79 Å². The Balaban J connectivity index is 2.02. The number of thioether (sulfide) groups is 1. The molecule has 0 unspecified atom stereocenters. The second-order valence-electron chi connectivity index (χ2n) is 6.12. The first-order chi connectivity index (χ1) is 13.0. The number of imide groups is 1. The number of rotatable bonds is 5. The zero-order valence-electron chi connectivity index (χ0n) is 15.1. The van der Waals surface area contributed by atoms with Crippen LogP contribution < -0.4 is 11.1 Å². The first kappa shape index (κ1) is 18.7. The van der Waals surface area contributed by atoms with Gasteiger partial charge in [-0.1, -0.05) is 59.8 Å². The number of nitrogens with zero attached hydrogens (tertiary/aromatic N) is 2. The van der Waals surface area contributed by atoms with Crippen molar-refractivity contribution in [2.45, 2.75) is 19.0 Å². The Morgan fingerprint density at radius 3 is 2.56 bits per heavy atom. The molecule has 3 amide bonds. The number of hydrogen-bond donors (Lipinski definition) is 2. The molecule has 3 aromatic rings. The maximum absolute atomic E-state index is 11.8. The predicted octanol–water partition coefficient (Wildman–Crippen LogP) is 3.44. The monoisotopic (exact) mass is 380 g/mol. The molecule has 0 fully saturated rings. The van der Waals surface area contributed by atoms with Crippen molar-refractivity contribution in [3.63, 3.8) is 0 Å². The van der Waals surface area contributed by atoms with Gasteiger partial charge in [0.05, 0.1) is 23.3 Å². The molecule has 2 aromatic carbocycles. The molecule has 0 aliphatic rings. The van der Waals surface area contributed by atoms with E-state index in [-0.39, 0.29) is 5.75 Å². The van der Waals surface area contributed by atoms with Crippen LogP contribution >= 0.6 is 11.8 Å². The topological polar surface area (TPSA) is 90.0 Å². The van der Waals surface area contributed by atoms with Gasteiger partial charge in [0.1, 0.15) is 0 Å². The number of aromatic nitrogens is 2. The Hall–Kier alpha value is -3.06. The van der Waals surface area contributed by atoms with Crippen LogP contribution in [0.4, 0.5) is 4.79 Å². The van der Waals surface area contributed by atoms with Crippen LogP contribution in [0.3, 0.4) is 0 Å². The molecule has 0 bridgehead atoms. The Bertz CT molecular complexity index is 983. The molecule has 3 rings (SSSR count). The van der Waals surface area contributed by atoms with Gasteiger partial charge in [-0.15, -0.1) is 0 Å². The smallest absolute Gasteiger partial charge is 0.318 e. The summed E-state index contributed by atoms with van der Waals surface area (Å²) in [5.74, 6) is -0.414. The Morgan fingerprint density at radius 2 is 1.89 bits per heavy atom. The van der Waals surface area contributed by atoms with Gasteiger partial charge >= 0.3 is 6.03 Å². The summed E-state index contributed by atoms with van der Waals surface area (Å²) in [6.45, 7) is 4.10. The fourth-order valence-electron chi connectivity index (χ4n) is 2.84. The fourth-order valence-corrected chi connectivity index (χ4v) is 3.63. The van der Waals surface area contributed by atoms with Crippen molar-refractivity contribution in [1.82, 2.24) is 14.9 Å². The van der Waals surface area contributed by atoms with Gasteiger partial charge in [-0.3, -0.25) is 14.7 Å². The predicted molar refractivity (Wildman–Crippen MR) is 107 cm³/mol. The van der Waals surface area contributed by atoms with Gasteiger partial charge < -0.3 is 5.73 Å². The van der Waals surface area contributed by atoms with Crippen molar-refractivity contribution in [1.29, 1.82) is 0 Å². The van der Waals surface area contributed by atoms with Crippen LogP contribution in [0.2, 0.25) is 0 Å². The first-order valence-electron chi connectivity index (χ1n) is 8.38. The van der Waals surface area contributed by atoms with E-state index >= 15 is 0 Å². The Morgan fingerprint density at radius 1 is 1.15 bits per heavy atom. The molecule has 7 heteroatoms. The summed E-state index contributed by atoms with van der Waals surface area (Å²) in [5, 5.41) is 2.74. The van der Waals surface area contributed by atoms with E-state index in [1.807, 2.05) is 60.9 Å². The lowest BCUT2D eigenvalue weighted by atomic mass is 10.1. The van der Waals surface area contributed by atoms with Gasteiger partial charge in [0.15, 0.2) is 5.16 Å². The average molecular weight is 380 g/mol. The van der Waals surface area contributed by atoms with E-state index in [1.165, 1.54) is 17.3 Å². The molecule has 0 radical (unpaired) electrons. The van der Waals surface area contributed by atoms with Gasteiger partial charge in [-0.25, -0.2) is 9.78 Å². The highest BCUT2D eigenvalue weighted by Gasteiger charge is 2.17. The number of primary amides is 1. The molecule has 3 N–H and O–H groups in total. The third-order valence-corrected chi connectivity index (χ3v) is 4.94. The molecule has 6 nitrogen and oxygen atoms in total. The van der Waals surface area contributed by atoms with Crippen LogP contribution in [0.15, 0.2) is 59.9 Å². The van der Waals surface area contributed by atoms with Gasteiger partial charge in [-0.05, 0) is 25.5 Å². The Kier molecular flexibility index (Phi) is 5.61. The van der Waals surface area contributed by atoms with E-state index in [4.69, 9.17) is 5.73 Å². The largest absolute Gasteiger partial charge is 0.351 e. The molecule has 0 saturated heterocycles. The van der Waals surface area contributed by atoms with Gasteiger partial charge in [0.2, 0.25) is 5.91 Å². The molecule has 0 atom stereocenters. The number of benzene rings is 2. The molecule has 0 aliphatic heterocycles. The molecular formula is C20H20N4O2S. The number of aryl methyl sites for hydroxylation is 2. The van der Waals surface area contributed by atoms with Crippen molar-refractivity contribution in [3.05, 3.63) is 65.9 Å². The third kappa shape index (κ3) is 4.38. The quantitative estimate of drug-likeness (QED) is 0.664. The summed E-state index contributed by atoms with van der Waals surface area (Å²) in [5.41, 5.74) is 10.2. The number of nitrogens with one attached hydrogen (secondary N) is 1. The summed E-state index contributed by atoms with van der Waals surface area (Å²) in [6.07, 6.45) is 1.79. The fraction of sp³-hybridized carbons (Fsp3) is 0.150. The zero-order valence-corrected chi connectivity index (χ0v) is 15.9. The molecule has 138 valence electrons. The second-order valence-corrected chi connectivity index (χ2v) is 7.06. The van der Waals surface area contributed by atoms with E-state index in [9.17, 15) is 9.59 Å². The standard InChI is InChI=1S/C20H20N4O2S/c1-13-8-9-16(14(2)10-13)24-17(15-6-4-3-5-7-15)11-22-20(24)27-12-18(25)23-19(21)26/h3-11H,12H2,1-2H3,(H3,21,23,25,26). The molecule has 1 aromatic heterocycles. The van der Waals surface area contributed by atoms with Crippen molar-refractivity contribution in [2.75, 3.05) is 5.75 Å². The van der Waals surface area contributed by atoms with E-state index in [0.717, 1.165) is 22.5 Å². The summed E-state index contributed by atoms with van der Waals surface area (Å²) in [6, 6.07) is 15.3. The minimum atomic E-state index is -0.858. The highest BCUT2D eigenvalue weighted by atomic mass is 32.2. The van der Waals surface area contributed by atoms with E-state index < -0.39 is 11.9 Å². The molecule has 0 spiro atoms. The van der Waals surface area contributed by atoms with Gasteiger partial charge in [0, 0.05) is 5.56 Å². The highest BCUT2D eigenvalue weighted by molar-refractivity contribution is 7.99. The summed E-state index contributed by atoms with van der Waals surface area (Å²) in [7, 11) is 0. The number of carbonyl (C=O) groups excluding carboxylic acids is 2. The summed E-state index contributed by atoms with van der Waals surface area (Å²) >= 11 is 1.25. The third-order valence-electron chi connectivity index (χ3n) is 3.99. The van der Waals surface area contributed by atoms with Crippen molar-refractivity contribution >= 4 is 23.7 Å². The summed E-state index contributed by atoms with van der Waals surface area (Å²) in [4.78, 5) is 27.1. The maximum atomic E-state index is 11.8. The van der Waals surface area contributed by atoms with Crippen LogP contribution in [0, 0.1) is 13.8 Å². The van der Waals surface area contributed by atoms with Gasteiger partial charge in [-0.2, -0.15) is 0 Å². The number of imidazole rings is 1. The molecule has 0 aliphatic carbocycles. The average Bonchev–Trinajstić information content (AvgIpc) is 3.04. The number of amides is 3. The lowest BCUT2D eigenvalue weighted by molar-refractivity contribution is -0.117. The molecular weight excluding hydrogens is 360 g/mol. The minimum Gasteiger partial charge on any atom is -0.351 e. The SMILES string of the molecule is Cc1ccc(-n2c(-c3ccccc3)cnc2SCC(=O)NC(N)=O)c(C)c1.